The number of hydrazine groups is 1. The van der Waals surface area contributed by atoms with Crippen LogP contribution in [0.4, 0.5) is 0 Å². The molecule has 0 aliphatic rings. The first-order chi connectivity index (χ1) is 9.78. The minimum absolute atomic E-state index is 0.00935. The minimum Gasteiger partial charge on any atom is -0.271 e. The van der Waals surface area contributed by atoms with Gasteiger partial charge < -0.3 is 0 Å². The maximum atomic E-state index is 5.75. The number of hydrogen-bond acceptors (Lipinski definition) is 5. The summed E-state index contributed by atoms with van der Waals surface area (Å²) < 4.78 is 0. The molecule has 102 valence electrons. The molecule has 1 unspecified atom stereocenters. The van der Waals surface area contributed by atoms with Crippen molar-refractivity contribution in [3.05, 3.63) is 58.3 Å². The molecule has 0 saturated carbocycles. The fraction of sp³-hybridized carbons (Fsp3) is 0.200. The van der Waals surface area contributed by atoms with Gasteiger partial charge >= 0.3 is 0 Å². The normalized spacial score (nSPS) is 12.7. The molecule has 0 aliphatic carbocycles. The van der Waals surface area contributed by atoms with Gasteiger partial charge in [0.15, 0.2) is 0 Å². The number of thiazole rings is 1. The zero-order valence-corrected chi connectivity index (χ0v) is 12.0. The van der Waals surface area contributed by atoms with Gasteiger partial charge in [-0.05, 0) is 17.9 Å². The lowest BCUT2D eigenvalue weighted by atomic mass is 9.99. The summed E-state index contributed by atoms with van der Waals surface area (Å²) in [5.41, 5.74) is 5.06. The molecule has 1 aromatic carbocycles. The first kappa shape index (κ1) is 13.2. The maximum Gasteiger partial charge on any atom is 0.0897 e. The van der Waals surface area contributed by atoms with Crippen LogP contribution in [0.1, 0.15) is 22.3 Å². The monoisotopic (exact) mass is 284 g/mol. The average molecular weight is 284 g/mol. The molecule has 0 saturated heterocycles. The Bertz CT molecular complexity index is 717. The topological polar surface area (TPSA) is 63.8 Å². The summed E-state index contributed by atoms with van der Waals surface area (Å²) in [7, 11) is 0. The van der Waals surface area contributed by atoms with Gasteiger partial charge in [-0.2, -0.15) is 0 Å². The predicted molar refractivity (Wildman–Crippen MR) is 82.4 cm³/mol. The van der Waals surface area contributed by atoms with Crippen molar-refractivity contribution >= 4 is 22.1 Å². The van der Waals surface area contributed by atoms with Crippen LogP contribution in [0.25, 0.3) is 10.8 Å². The number of benzene rings is 1. The van der Waals surface area contributed by atoms with E-state index in [9.17, 15) is 0 Å². The highest BCUT2D eigenvalue weighted by Gasteiger charge is 2.15. The van der Waals surface area contributed by atoms with Crippen molar-refractivity contribution < 1.29 is 0 Å². The molecule has 0 spiro atoms. The van der Waals surface area contributed by atoms with Gasteiger partial charge in [0.2, 0.25) is 0 Å². The second-order valence-corrected chi connectivity index (χ2v) is 5.79. The second kappa shape index (κ2) is 5.66. The maximum absolute atomic E-state index is 5.75. The van der Waals surface area contributed by atoms with Gasteiger partial charge in [0.1, 0.15) is 0 Å². The molecular formula is C15H16N4S. The van der Waals surface area contributed by atoms with Crippen LogP contribution in [0, 0.1) is 6.92 Å². The number of aryl methyl sites for hydroxylation is 1. The summed E-state index contributed by atoms with van der Waals surface area (Å²) in [6.07, 6.45) is 4.52. The largest absolute Gasteiger partial charge is 0.271 e. The highest BCUT2D eigenvalue weighted by molar-refractivity contribution is 7.09. The zero-order chi connectivity index (χ0) is 13.9. The molecule has 3 N–H and O–H groups in total. The molecule has 3 aromatic rings. The van der Waals surface area contributed by atoms with Crippen LogP contribution in [0.3, 0.4) is 0 Å². The number of pyridine rings is 1. The summed E-state index contributed by atoms with van der Waals surface area (Å²) >= 11 is 1.66. The number of nitrogens with one attached hydrogen (secondary N) is 1. The highest BCUT2D eigenvalue weighted by atomic mass is 32.1. The van der Waals surface area contributed by atoms with Crippen molar-refractivity contribution in [2.45, 2.75) is 19.4 Å². The lowest BCUT2D eigenvalue weighted by Gasteiger charge is -2.17. The number of fused-ring (bicyclic) bond motifs is 1. The van der Waals surface area contributed by atoms with Gasteiger partial charge in [0.05, 0.1) is 16.7 Å². The summed E-state index contributed by atoms with van der Waals surface area (Å²) in [5, 5.41) is 5.46. The molecule has 0 aliphatic heterocycles. The van der Waals surface area contributed by atoms with E-state index in [0.717, 1.165) is 28.1 Å². The molecule has 1 atom stereocenters. The summed E-state index contributed by atoms with van der Waals surface area (Å²) in [4.78, 5) is 8.82. The van der Waals surface area contributed by atoms with Gasteiger partial charge in [0, 0.05) is 29.6 Å². The Morgan fingerprint density at radius 1 is 1.30 bits per heavy atom. The molecule has 5 heteroatoms. The van der Waals surface area contributed by atoms with Gasteiger partial charge in [-0.25, -0.2) is 4.98 Å². The Hall–Kier alpha value is -1.82. The molecule has 20 heavy (non-hydrogen) atoms. The van der Waals surface area contributed by atoms with E-state index >= 15 is 0 Å². The first-order valence-electron chi connectivity index (χ1n) is 6.47. The Morgan fingerprint density at radius 3 is 2.90 bits per heavy atom. The Morgan fingerprint density at radius 2 is 2.15 bits per heavy atom. The van der Waals surface area contributed by atoms with Crippen LogP contribution in [0.5, 0.6) is 0 Å². The van der Waals surface area contributed by atoms with Crippen LogP contribution in [-0.2, 0) is 6.42 Å². The lowest BCUT2D eigenvalue weighted by Crippen LogP contribution is -2.30. The standard InChI is InChI=1S/C15H16N4S/c1-10-18-12(9-20-10)6-15(19-16)14-8-17-7-11-4-2-3-5-13(11)14/h2-5,7-9,15,19H,6,16H2,1H3. The molecule has 0 amide bonds. The first-order valence-corrected chi connectivity index (χ1v) is 7.35. The lowest BCUT2D eigenvalue weighted by molar-refractivity contribution is 0.549. The third-order valence-electron chi connectivity index (χ3n) is 3.36. The van der Waals surface area contributed by atoms with Crippen LogP contribution >= 0.6 is 11.3 Å². The van der Waals surface area contributed by atoms with Crippen molar-refractivity contribution in [2.24, 2.45) is 5.84 Å². The Labute approximate surface area is 121 Å². The quantitative estimate of drug-likeness (QED) is 0.571. The van der Waals surface area contributed by atoms with Gasteiger partial charge in [-0.15, -0.1) is 11.3 Å². The van der Waals surface area contributed by atoms with Crippen molar-refractivity contribution in [3.8, 4) is 0 Å². The van der Waals surface area contributed by atoms with Crippen LogP contribution in [-0.4, -0.2) is 9.97 Å². The van der Waals surface area contributed by atoms with E-state index in [2.05, 4.69) is 32.9 Å². The van der Waals surface area contributed by atoms with Crippen molar-refractivity contribution in [1.29, 1.82) is 0 Å². The fourth-order valence-electron chi connectivity index (χ4n) is 2.39. The molecule has 3 rings (SSSR count). The van der Waals surface area contributed by atoms with Crippen LogP contribution in [0.2, 0.25) is 0 Å². The third kappa shape index (κ3) is 2.56. The summed E-state index contributed by atoms with van der Waals surface area (Å²) in [6.45, 7) is 2.01. The number of rotatable bonds is 4. The van der Waals surface area contributed by atoms with Crippen molar-refractivity contribution in [3.63, 3.8) is 0 Å². The molecule has 0 bridgehead atoms. The van der Waals surface area contributed by atoms with E-state index in [-0.39, 0.29) is 6.04 Å². The highest BCUT2D eigenvalue weighted by Crippen LogP contribution is 2.25. The molecule has 0 radical (unpaired) electrons. The molecule has 0 fully saturated rings. The van der Waals surface area contributed by atoms with Gasteiger partial charge in [0.25, 0.3) is 0 Å². The van der Waals surface area contributed by atoms with E-state index in [4.69, 9.17) is 5.84 Å². The van der Waals surface area contributed by atoms with E-state index in [1.807, 2.05) is 31.5 Å². The van der Waals surface area contributed by atoms with E-state index < -0.39 is 0 Å². The van der Waals surface area contributed by atoms with Gasteiger partial charge in [-0.3, -0.25) is 16.3 Å². The van der Waals surface area contributed by atoms with E-state index in [0.29, 0.717) is 0 Å². The van der Waals surface area contributed by atoms with E-state index in [1.165, 1.54) is 5.39 Å². The summed E-state index contributed by atoms with van der Waals surface area (Å²) in [6, 6.07) is 8.22. The molecule has 2 aromatic heterocycles. The molecule has 4 nitrogen and oxygen atoms in total. The Kier molecular flexibility index (Phi) is 3.73. The third-order valence-corrected chi connectivity index (χ3v) is 4.18. The van der Waals surface area contributed by atoms with Crippen molar-refractivity contribution in [1.82, 2.24) is 15.4 Å². The van der Waals surface area contributed by atoms with Crippen LogP contribution in [0.15, 0.2) is 42.0 Å². The number of hydrogen-bond donors (Lipinski definition) is 2. The Balaban J connectivity index is 1.98. The SMILES string of the molecule is Cc1nc(CC(NN)c2cncc3ccccc23)cs1. The zero-order valence-electron chi connectivity index (χ0n) is 11.2. The number of nitrogens with zero attached hydrogens (tertiary/aromatic N) is 2. The molecular weight excluding hydrogens is 268 g/mol. The minimum atomic E-state index is 0.00935. The summed E-state index contributed by atoms with van der Waals surface area (Å²) in [5.74, 6) is 5.75. The second-order valence-electron chi connectivity index (χ2n) is 4.73. The predicted octanol–water partition coefficient (Wildman–Crippen LogP) is 2.75. The number of aromatic nitrogens is 2. The fourth-order valence-corrected chi connectivity index (χ4v) is 3.01. The van der Waals surface area contributed by atoms with Crippen molar-refractivity contribution in [2.75, 3.05) is 0 Å². The van der Waals surface area contributed by atoms with Gasteiger partial charge in [-0.1, -0.05) is 24.3 Å². The van der Waals surface area contributed by atoms with Crippen LogP contribution < -0.4 is 11.3 Å². The molecule has 2 heterocycles. The smallest absolute Gasteiger partial charge is 0.0897 e. The average Bonchev–Trinajstić information content (AvgIpc) is 2.89. The van der Waals surface area contributed by atoms with E-state index in [1.54, 1.807) is 11.3 Å². The number of nitrogens with two attached hydrogens (primary N) is 1.